The Hall–Kier alpha value is -3.24. The summed E-state index contributed by atoms with van der Waals surface area (Å²) in [5.74, 6) is -1.98. The van der Waals surface area contributed by atoms with Gasteiger partial charge in [0.05, 0.1) is 11.9 Å². The number of imidazole rings is 1. The fraction of sp³-hybridized carbons (Fsp3) is 0.261. The van der Waals surface area contributed by atoms with Gasteiger partial charge in [-0.2, -0.15) is 0 Å². The molecule has 1 N–H and O–H groups in total. The van der Waals surface area contributed by atoms with Crippen LogP contribution in [0.15, 0.2) is 48.8 Å². The Morgan fingerprint density at radius 2 is 1.64 bits per heavy atom. The van der Waals surface area contributed by atoms with Crippen molar-refractivity contribution in [3.05, 3.63) is 66.2 Å². The van der Waals surface area contributed by atoms with Crippen molar-refractivity contribution in [3.8, 4) is 11.4 Å². The molecule has 0 radical (unpaired) electrons. The van der Waals surface area contributed by atoms with E-state index in [0.29, 0.717) is 12.3 Å². The molecular formula is C23H24F3N5OSi. The van der Waals surface area contributed by atoms with Crippen LogP contribution in [-0.4, -0.2) is 34.2 Å². The summed E-state index contributed by atoms with van der Waals surface area (Å²) in [4.78, 5) is 13.2. The Bertz CT molecular complexity index is 1270. The van der Waals surface area contributed by atoms with E-state index in [9.17, 15) is 13.2 Å². The number of nitrogens with zero attached hydrogens (tertiary/aromatic N) is 4. The molecule has 0 spiro atoms. The maximum absolute atomic E-state index is 14.5. The maximum atomic E-state index is 14.5. The monoisotopic (exact) mass is 471 g/mol. The Morgan fingerprint density at radius 3 is 2.33 bits per heavy atom. The van der Waals surface area contributed by atoms with Gasteiger partial charge in [0.25, 0.3) is 0 Å². The lowest BCUT2D eigenvalue weighted by Gasteiger charge is -2.15. The maximum Gasteiger partial charge on any atom is 0.168 e. The number of rotatable bonds is 8. The highest BCUT2D eigenvalue weighted by molar-refractivity contribution is 6.76. The van der Waals surface area contributed by atoms with Crippen molar-refractivity contribution in [1.82, 2.24) is 19.5 Å². The van der Waals surface area contributed by atoms with Crippen LogP contribution >= 0.6 is 0 Å². The van der Waals surface area contributed by atoms with Crippen LogP contribution < -0.4 is 5.32 Å². The average Bonchev–Trinajstić information content (AvgIpc) is 3.16. The average molecular weight is 472 g/mol. The fourth-order valence-electron chi connectivity index (χ4n) is 3.17. The lowest BCUT2D eigenvalue weighted by atomic mass is 10.2. The number of ether oxygens (including phenoxy) is 1. The van der Waals surface area contributed by atoms with Gasteiger partial charge < -0.3 is 10.1 Å². The first kappa shape index (κ1) is 22.9. The third-order valence-electron chi connectivity index (χ3n) is 5.01. The smallest absolute Gasteiger partial charge is 0.168 e. The molecule has 2 aromatic carbocycles. The summed E-state index contributed by atoms with van der Waals surface area (Å²) in [6.07, 6.45) is 1.52. The fourth-order valence-corrected chi connectivity index (χ4v) is 3.92. The van der Waals surface area contributed by atoms with Gasteiger partial charge in [0.1, 0.15) is 29.9 Å². The lowest BCUT2D eigenvalue weighted by molar-refractivity contribution is 0.0895. The first-order valence-electron chi connectivity index (χ1n) is 10.5. The second kappa shape index (κ2) is 9.32. The highest BCUT2D eigenvalue weighted by atomic mass is 28.3. The van der Waals surface area contributed by atoms with E-state index < -0.39 is 25.5 Å². The van der Waals surface area contributed by atoms with E-state index in [2.05, 4.69) is 39.9 Å². The van der Waals surface area contributed by atoms with Crippen molar-refractivity contribution in [1.29, 1.82) is 0 Å². The van der Waals surface area contributed by atoms with E-state index in [4.69, 9.17) is 4.74 Å². The van der Waals surface area contributed by atoms with Crippen molar-refractivity contribution in [2.45, 2.75) is 32.4 Å². The second-order valence-corrected chi connectivity index (χ2v) is 14.5. The standard InChI is InChI=1S/C23H24F3N5OSi/c1-33(2,3)12-11-32-14-31-13-27-20-22(28-19-17(25)9-6-10-18(19)26)29-21(30-23(20)31)15-7-4-5-8-16(15)24/h4-10,13H,11-12,14H2,1-3H3,(H,28,29,30). The molecule has 4 rings (SSSR count). The van der Waals surface area contributed by atoms with Gasteiger partial charge in [0.15, 0.2) is 22.8 Å². The molecule has 0 atom stereocenters. The van der Waals surface area contributed by atoms with Gasteiger partial charge in [-0.3, -0.25) is 4.57 Å². The van der Waals surface area contributed by atoms with E-state index in [0.717, 1.165) is 18.2 Å². The van der Waals surface area contributed by atoms with Crippen molar-refractivity contribution in [2.24, 2.45) is 0 Å². The van der Waals surface area contributed by atoms with Crippen molar-refractivity contribution in [2.75, 3.05) is 11.9 Å². The van der Waals surface area contributed by atoms with E-state index in [1.807, 2.05) is 0 Å². The molecule has 0 saturated carbocycles. The molecule has 0 unspecified atom stereocenters. The SMILES string of the molecule is C[Si](C)(C)CCOCn1cnc2c(Nc3c(F)cccc3F)nc(-c3ccccc3F)nc21. The van der Waals surface area contributed by atoms with Crippen LogP contribution in [0.4, 0.5) is 24.7 Å². The molecule has 2 aromatic heterocycles. The number of aromatic nitrogens is 4. The highest BCUT2D eigenvalue weighted by Gasteiger charge is 2.19. The Kier molecular flexibility index (Phi) is 6.48. The Morgan fingerprint density at radius 1 is 0.939 bits per heavy atom. The first-order chi connectivity index (χ1) is 15.7. The molecule has 0 amide bonds. The minimum atomic E-state index is -1.25. The molecule has 0 aliphatic rings. The van der Waals surface area contributed by atoms with Crippen LogP contribution in [0.1, 0.15) is 0 Å². The van der Waals surface area contributed by atoms with E-state index in [1.165, 1.54) is 24.5 Å². The van der Waals surface area contributed by atoms with Crippen LogP contribution in [0.25, 0.3) is 22.6 Å². The number of hydrogen-bond donors (Lipinski definition) is 1. The molecule has 33 heavy (non-hydrogen) atoms. The van der Waals surface area contributed by atoms with Crippen LogP contribution in [0.3, 0.4) is 0 Å². The number of nitrogens with one attached hydrogen (secondary N) is 1. The van der Waals surface area contributed by atoms with Gasteiger partial charge in [-0.25, -0.2) is 28.1 Å². The van der Waals surface area contributed by atoms with Crippen molar-refractivity contribution >= 4 is 30.7 Å². The normalized spacial score (nSPS) is 11.8. The third-order valence-corrected chi connectivity index (χ3v) is 6.72. The topological polar surface area (TPSA) is 64.9 Å². The Labute approximate surface area is 190 Å². The van der Waals surface area contributed by atoms with Gasteiger partial charge in [0, 0.05) is 14.7 Å². The second-order valence-electron chi connectivity index (χ2n) is 8.83. The minimum Gasteiger partial charge on any atom is -0.361 e. The minimum absolute atomic E-state index is 0.0584. The third kappa shape index (κ3) is 5.23. The summed E-state index contributed by atoms with van der Waals surface area (Å²) in [6, 6.07) is 10.6. The zero-order chi connectivity index (χ0) is 23.6. The van der Waals surface area contributed by atoms with Crippen LogP contribution in [0.2, 0.25) is 25.7 Å². The summed E-state index contributed by atoms with van der Waals surface area (Å²) in [5, 5.41) is 2.68. The van der Waals surface area contributed by atoms with Crippen molar-refractivity contribution in [3.63, 3.8) is 0 Å². The molecule has 172 valence electrons. The molecule has 2 heterocycles. The van der Waals surface area contributed by atoms with Gasteiger partial charge in [-0.15, -0.1) is 0 Å². The van der Waals surface area contributed by atoms with Gasteiger partial charge in [-0.05, 0) is 30.3 Å². The zero-order valence-electron chi connectivity index (χ0n) is 18.6. The molecule has 10 heteroatoms. The summed E-state index contributed by atoms with van der Waals surface area (Å²) < 4.78 is 50.5. The van der Waals surface area contributed by atoms with Gasteiger partial charge in [-0.1, -0.05) is 37.8 Å². The lowest BCUT2D eigenvalue weighted by Crippen LogP contribution is -2.22. The molecular weight excluding hydrogens is 447 g/mol. The summed E-state index contributed by atoms with van der Waals surface area (Å²) >= 11 is 0. The molecule has 0 saturated heterocycles. The van der Waals surface area contributed by atoms with Crippen LogP contribution in [0.5, 0.6) is 0 Å². The molecule has 6 nitrogen and oxygen atoms in total. The quantitative estimate of drug-likeness (QED) is 0.253. The van der Waals surface area contributed by atoms with Crippen molar-refractivity contribution < 1.29 is 17.9 Å². The predicted octanol–water partition coefficient (Wildman–Crippen LogP) is 5.97. The molecule has 0 fully saturated rings. The summed E-state index contributed by atoms with van der Waals surface area (Å²) in [7, 11) is -1.25. The number of benzene rings is 2. The van der Waals surface area contributed by atoms with Crippen LogP contribution in [-0.2, 0) is 11.5 Å². The number of hydrogen-bond acceptors (Lipinski definition) is 5. The highest BCUT2D eigenvalue weighted by Crippen LogP contribution is 2.29. The molecule has 0 aliphatic carbocycles. The first-order valence-corrected chi connectivity index (χ1v) is 14.2. The molecule has 0 bridgehead atoms. The number of fused-ring (bicyclic) bond motifs is 1. The molecule has 0 aliphatic heterocycles. The number of para-hydroxylation sites is 1. The number of halogens is 3. The summed E-state index contributed by atoms with van der Waals surface area (Å²) in [6.45, 7) is 7.55. The van der Waals surface area contributed by atoms with Crippen LogP contribution in [0, 0.1) is 17.5 Å². The van der Waals surface area contributed by atoms with E-state index in [1.54, 1.807) is 16.7 Å². The van der Waals surface area contributed by atoms with E-state index >= 15 is 0 Å². The largest absolute Gasteiger partial charge is 0.361 e. The molecule has 4 aromatic rings. The van der Waals surface area contributed by atoms with Gasteiger partial charge in [0.2, 0.25) is 0 Å². The van der Waals surface area contributed by atoms with E-state index in [-0.39, 0.29) is 35.1 Å². The van der Waals surface area contributed by atoms with Gasteiger partial charge >= 0.3 is 0 Å². The number of anilines is 2. The Balaban J connectivity index is 1.76. The zero-order valence-corrected chi connectivity index (χ0v) is 19.6. The summed E-state index contributed by atoms with van der Waals surface area (Å²) in [5.41, 5.74) is 0.420. The predicted molar refractivity (Wildman–Crippen MR) is 124 cm³/mol.